The Bertz CT molecular complexity index is 451. The minimum Gasteiger partial charge on any atom is -0.496 e. The summed E-state index contributed by atoms with van der Waals surface area (Å²) in [4.78, 5) is 0. The predicted octanol–water partition coefficient (Wildman–Crippen LogP) is 1.94. The maximum absolute atomic E-state index is 13.4. The summed E-state index contributed by atoms with van der Waals surface area (Å²) in [6.07, 6.45) is 3.43. The zero-order valence-electron chi connectivity index (χ0n) is 10.4. The Balaban J connectivity index is 2.00. The van der Waals surface area contributed by atoms with Gasteiger partial charge in [-0.2, -0.15) is 0 Å². The van der Waals surface area contributed by atoms with Crippen molar-refractivity contribution in [2.45, 2.75) is 43.4 Å². The highest BCUT2D eigenvalue weighted by atomic mass is 19.1. The van der Waals surface area contributed by atoms with Crippen LogP contribution in [0, 0.1) is 5.82 Å². The van der Waals surface area contributed by atoms with Gasteiger partial charge in [0.25, 0.3) is 0 Å². The van der Waals surface area contributed by atoms with Gasteiger partial charge in [-0.15, -0.1) is 0 Å². The molecular weight excluding hydrogens is 233 g/mol. The molecule has 3 nitrogen and oxygen atoms in total. The van der Waals surface area contributed by atoms with E-state index in [-0.39, 0.29) is 5.82 Å². The Labute approximate surface area is 106 Å². The van der Waals surface area contributed by atoms with Gasteiger partial charge in [-0.1, -0.05) is 0 Å². The number of aliphatic hydroxyl groups is 1. The highest BCUT2D eigenvalue weighted by molar-refractivity contribution is 5.39. The van der Waals surface area contributed by atoms with E-state index < -0.39 is 5.60 Å². The number of benzene rings is 1. The van der Waals surface area contributed by atoms with E-state index in [1.807, 2.05) is 0 Å². The predicted molar refractivity (Wildman–Crippen MR) is 66.0 cm³/mol. The zero-order chi connectivity index (χ0) is 12.8. The van der Waals surface area contributed by atoms with Crippen molar-refractivity contribution >= 4 is 0 Å². The summed E-state index contributed by atoms with van der Waals surface area (Å²) >= 11 is 0. The maximum Gasteiger partial charge on any atom is 0.125 e. The molecule has 0 amide bonds. The third kappa shape index (κ3) is 1.89. The first-order valence-electron chi connectivity index (χ1n) is 6.43. The lowest BCUT2D eigenvalue weighted by molar-refractivity contribution is -0.0135. The van der Waals surface area contributed by atoms with Gasteiger partial charge in [0.15, 0.2) is 0 Å². The summed E-state index contributed by atoms with van der Waals surface area (Å²) in [6, 6.07) is 5.03. The van der Waals surface area contributed by atoms with Crippen LogP contribution in [0.15, 0.2) is 18.2 Å². The molecule has 2 fully saturated rings. The molecule has 18 heavy (non-hydrogen) atoms. The molecule has 4 heteroatoms. The molecule has 2 saturated heterocycles. The number of halogens is 1. The quantitative estimate of drug-likeness (QED) is 0.844. The second-order valence-corrected chi connectivity index (χ2v) is 5.42. The van der Waals surface area contributed by atoms with Crippen molar-refractivity contribution in [2.24, 2.45) is 0 Å². The number of piperidine rings is 1. The Hall–Kier alpha value is -1.13. The van der Waals surface area contributed by atoms with Gasteiger partial charge >= 0.3 is 0 Å². The Morgan fingerprint density at radius 3 is 2.61 bits per heavy atom. The van der Waals surface area contributed by atoms with Crippen molar-refractivity contribution in [3.63, 3.8) is 0 Å². The first-order valence-corrected chi connectivity index (χ1v) is 6.43. The van der Waals surface area contributed by atoms with Crippen LogP contribution in [-0.4, -0.2) is 24.3 Å². The second-order valence-electron chi connectivity index (χ2n) is 5.42. The third-order valence-corrected chi connectivity index (χ3v) is 4.17. The SMILES string of the molecule is COc1ccc(F)cc1C1(O)CC2CCC(C1)N2. The third-order valence-electron chi connectivity index (χ3n) is 4.17. The highest BCUT2D eigenvalue weighted by Gasteiger charge is 2.44. The molecule has 98 valence electrons. The van der Waals surface area contributed by atoms with Crippen molar-refractivity contribution in [2.75, 3.05) is 7.11 Å². The smallest absolute Gasteiger partial charge is 0.125 e. The number of nitrogens with one attached hydrogen (secondary N) is 1. The van der Waals surface area contributed by atoms with Crippen LogP contribution in [0.4, 0.5) is 4.39 Å². The van der Waals surface area contributed by atoms with E-state index in [1.54, 1.807) is 13.2 Å². The van der Waals surface area contributed by atoms with Crippen molar-refractivity contribution < 1.29 is 14.2 Å². The van der Waals surface area contributed by atoms with Crippen LogP contribution in [0.3, 0.4) is 0 Å². The van der Waals surface area contributed by atoms with Crippen LogP contribution >= 0.6 is 0 Å². The van der Waals surface area contributed by atoms with Crippen molar-refractivity contribution in [3.05, 3.63) is 29.6 Å². The molecule has 2 heterocycles. The Kier molecular flexibility index (Phi) is 2.79. The molecule has 2 aliphatic rings. The van der Waals surface area contributed by atoms with Gasteiger partial charge in [-0.3, -0.25) is 0 Å². The largest absolute Gasteiger partial charge is 0.496 e. The van der Waals surface area contributed by atoms with E-state index >= 15 is 0 Å². The van der Waals surface area contributed by atoms with E-state index in [0.717, 1.165) is 12.8 Å². The average molecular weight is 251 g/mol. The lowest BCUT2D eigenvalue weighted by Crippen LogP contribution is -2.46. The van der Waals surface area contributed by atoms with E-state index in [2.05, 4.69) is 5.32 Å². The molecule has 0 radical (unpaired) electrons. The van der Waals surface area contributed by atoms with E-state index in [9.17, 15) is 9.50 Å². The standard InChI is InChI=1S/C14H18FNO2/c1-18-13-5-2-9(15)6-12(13)14(17)7-10-3-4-11(8-14)16-10/h2,5-6,10-11,16-17H,3-4,7-8H2,1H3. The number of rotatable bonds is 2. The molecule has 3 rings (SSSR count). The summed E-state index contributed by atoms with van der Waals surface area (Å²) < 4.78 is 18.7. The number of methoxy groups -OCH3 is 1. The van der Waals surface area contributed by atoms with Crippen molar-refractivity contribution in [3.8, 4) is 5.75 Å². The molecule has 2 unspecified atom stereocenters. The number of hydrogen-bond acceptors (Lipinski definition) is 3. The fraction of sp³-hybridized carbons (Fsp3) is 0.571. The highest BCUT2D eigenvalue weighted by Crippen LogP contribution is 2.43. The summed E-state index contributed by atoms with van der Waals surface area (Å²) in [6.45, 7) is 0. The minimum atomic E-state index is -0.968. The van der Waals surface area contributed by atoms with Gasteiger partial charge < -0.3 is 15.2 Å². The number of fused-ring (bicyclic) bond motifs is 2. The summed E-state index contributed by atoms with van der Waals surface area (Å²) in [5.74, 6) is 0.241. The Morgan fingerprint density at radius 1 is 1.33 bits per heavy atom. The number of hydrogen-bond donors (Lipinski definition) is 2. The van der Waals surface area contributed by atoms with Crippen LogP contribution in [0.5, 0.6) is 5.75 Å². The zero-order valence-corrected chi connectivity index (χ0v) is 10.4. The second kappa shape index (κ2) is 4.21. The molecule has 0 spiro atoms. The fourth-order valence-electron chi connectivity index (χ4n) is 3.39. The molecular formula is C14H18FNO2. The molecule has 1 aromatic carbocycles. The van der Waals surface area contributed by atoms with Crippen LogP contribution in [0.2, 0.25) is 0 Å². The normalized spacial score (nSPS) is 34.6. The molecule has 0 aromatic heterocycles. The molecule has 0 aliphatic carbocycles. The van der Waals surface area contributed by atoms with E-state index in [4.69, 9.17) is 4.74 Å². The van der Waals surface area contributed by atoms with E-state index in [0.29, 0.717) is 36.2 Å². The lowest BCUT2D eigenvalue weighted by Gasteiger charge is -2.38. The van der Waals surface area contributed by atoms with Gasteiger partial charge in [0, 0.05) is 17.6 Å². The summed E-state index contributed by atoms with van der Waals surface area (Å²) in [7, 11) is 1.55. The first kappa shape index (κ1) is 11.9. The van der Waals surface area contributed by atoms with Gasteiger partial charge in [0.2, 0.25) is 0 Å². The number of ether oxygens (including phenoxy) is 1. The minimum absolute atomic E-state index is 0.329. The van der Waals surface area contributed by atoms with Gasteiger partial charge in [0.05, 0.1) is 12.7 Å². The molecule has 0 saturated carbocycles. The van der Waals surface area contributed by atoms with Crippen molar-refractivity contribution in [1.29, 1.82) is 0 Å². The van der Waals surface area contributed by atoms with Gasteiger partial charge in [-0.25, -0.2) is 4.39 Å². The monoisotopic (exact) mass is 251 g/mol. The lowest BCUT2D eigenvalue weighted by atomic mass is 9.81. The summed E-state index contributed by atoms with van der Waals surface area (Å²) in [5, 5.41) is 14.3. The maximum atomic E-state index is 13.4. The molecule has 2 atom stereocenters. The Morgan fingerprint density at radius 2 is 2.00 bits per heavy atom. The fourth-order valence-corrected chi connectivity index (χ4v) is 3.39. The van der Waals surface area contributed by atoms with E-state index in [1.165, 1.54) is 12.1 Å². The molecule has 2 aliphatic heterocycles. The molecule has 2 bridgehead atoms. The summed E-state index contributed by atoms with van der Waals surface area (Å²) in [5.41, 5.74) is -0.381. The van der Waals surface area contributed by atoms with Crippen molar-refractivity contribution in [1.82, 2.24) is 5.32 Å². The van der Waals surface area contributed by atoms with Crippen LogP contribution in [-0.2, 0) is 5.60 Å². The van der Waals surface area contributed by atoms with Gasteiger partial charge in [0.1, 0.15) is 11.6 Å². The molecule has 2 N–H and O–H groups in total. The van der Waals surface area contributed by atoms with Crippen LogP contribution in [0.1, 0.15) is 31.2 Å². The molecule has 1 aromatic rings. The average Bonchev–Trinajstić information content (AvgIpc) is 2.69. The topological polar surface area (TPSA) is 41.5 Å². The van der Waals surface area contributed by atoms with Crippen LogP contribution in [0.25, 0.3) is 0 Å². The van der Waals surface area contributed by atoms with Crippen LogP contribution < -0.4 is 10.1 Å². The van der Waals surface area contributed by atoms with Gasteiger partial charge in [-0.05, 0) is 43.9 Å². The first-order chi connectivity index (χ1) is 8.60.